The molecule has 1 unspecified atom stereocenters. The third kappa shape index (κ3) is 4.69. The normalized spacial score (nSPS) is 16.4. The summed E-state index contributed by atoms with van der Waals surface area (Å²) >= 11 is 0. The first-order chi connectivity index (χ1) is 25.7. The Balaban J connectivity index is 1.01. The van der Waals surface area contributed by atoms with Crippen LogP contribution in [0.3, 0.4) is 0 Å². The number of fused-ring (bicyclic) bond motifs is 8. The van der Waals surface area contributed by atoms with Crippen LogP contribution in [-0.2, 0) is 0 Å². The van der Waals surface area contributed by atoms with Gasteiger partial charge in [-0.25, -0.2) is 0 Å². The van der Waals surface area contributed by atoms with Crippen molar-refractivity contribution < 1.29 is 4.42 Å². The van der Waals surface area contributed by atoms with Crippen LogP contribution in [0, 0.1) is 0 Å². The Bertz CT molecular complexity index is 3000. The second-order valence-electron chi connectivity index (χ2n) is 14.0. The summed E-state index contributed by atoms with van der Waals surface area (Å²) in [5.74, 6) is 0. The Morgan fingerprint density at radius 3 is 1.92 bits per heavy atom. The number of aliphatic imine (C=N–C) groups is 1. The summed E-state index contributed by atoms with van der Waals surface area (Å²) in [5.41, 5.74) is 9.92. The number of aromatic nitrogens is 1. The molecule has 0 radical (unpaired) electrons. The van der Waals surface area contributed by atoms with Crippen LogP contribution in [0.25, 0.3) is 71.0 Å². The lowest BCUT2D eigenvalue weighted by atomic mass is 9.92. The third-order valence-corrected chi connectivity index (χ3v) is 10.9. The van der Waals surface area contributed by atoms with Crippen LogP contribution in [0.15, 0.2) is 179 Å². The molecule has 11 rings (SSSR count). The molecule has 2 atom stereocenters. The van der Waals surface area contributed by atoms with Crippen LogP contribution in [-0.4, -0.2) is 10.3 Å². The minimum absolute atomic E-state index is 0.0428. The van der Waals surface area contributed by atoms with Crippen molar-refractivity contribution in [3.8, 4) is 5.69 Å². The average molecular weight is 668 g/mol. The number of rotatable bonds is 4. The molecule has 8 aromatic carbocycles. The first-order valence-electron chi connectivity index (χ1n) is 18.0. The number of nitrogens with one attached hydrogen (secondary N) is 1. The van der Waals surface area contributed by atoms with Crippen molar-refractivity contribution in [2.75, 3.05) is 0 Å². The van der Waals surface area contributed by atoms with Crippen molar-refractivity contribution in [3.63, 3.8) is 0 Å². The molecular formula is C48H33N3O. The summed E-state index contributed by atoms with van der Waals surface area (Å²) < 4.78 is 8.95. The predicted octanol–water partition coefficient (Wildman–Crippen LogP) is 12.2. The molecule has 0 amide bonds. The Kier molecular flexibility index (Phi) is 6.48. The molecule has 1 N–H and O–H groups in total. The van der Waals surface area contributed by atoms with Gasteiger partial charge in [0.2, 0.25) is 0 Å². The second kappa shape index (κ2) is 11.5. The fourth-order valence-corrected chi connectivity index (χ4v) is 8.35. The summed E-state index contributed by atoms with van der Waals surface area (Å²) in [6, 6.07) is 61.1. The van der Waals surface area contributed by atoms with Crippen LogP contribution in [0.2, 0.25) is 0 Å². The van der Waals surface area contributed by atoms with Crippen LogP contribution in [0.1, 0.15) is 35.3 Å². The maximum Gasteiger partial charge on any atom is 0.135 e. The molecule has 10 aromatic rings. The van der Waals surface area contributed by atoms with E-state index < -0.39 is 0 Å². The molecule has 0 spiro atoms. The van der Waals surface area contributed by atoms with Gasteiger partial charge in [0, 0.05) is 45.4 Å². The van der Waals surface area contributed by atoms with Gasteiger partial charge in [0.15, 0.2) is 0 Å². The third-order valence-electron chi connectivity index (χ3n) is 10.9. The van der Waals surface area contributed by atoms with E-state index in [2.05, 4.69) is 180 Å². The lowest BCUT2D eigenvalue weighted by Gasteiger charge is -2.31. The van der Waals surface area contributed by atoms with Crippen LogP contribution >= 0.6 is 0 Å². The van der Waals surface area contributed by atoms with Gasteiger partial charge < -0.3 is 8.98 Å². The van der Waals surface area contributed by atoms with Gasteiger partial charge in [-0.05, 0) is 86.8 Å². The van der Waals surface area contributed by atoms with E-state index in [4.69, 9.17) is 9.41 Å². The van der Waals surface area contributed by atoms with Crippen LogP contribution in [0.5, 0.6) is 0 Å². The summed E-state index contributed by atoms with van der Waals surface area (Å²) in [6.07, 6.45) is 0.580. The predicted molar refractivity (Wildman–Crippen MR) is 216 cm³/mol. The standard InChI is InChI=1S/C48H33N3O/c1-3-11-32-25-34(19-17-30(32)9-1)42-29-43(50-48(49-42)36-20-18-31-10-2-4-12-33(31)26-36)35-21-23-40-41-28-37(22-24-46(41)52-47(40)27-35)51-44-15-7-5-13-38(44)39-14-6-8-16-45(39)51/h1-28,43,48,50H,29H2/t43-,48?/m0/s1. The smallest absolute Gasteiger partial charge is 0.135 e. The molecule has 3 heterocycles. The number of para-hydroxylation sites is 2. The fraction of sp³-hybridized carbons (Fsp3) is 0.0625. The van der Waals surface area contributed by atoms with Gasteiger partial charge in [0.1, 0.15) is 17.3 Å². The highest BCUT2D eigenvalue weighted by Crippen LogP contribution is 2.38. The zero-order valence-corrected chi connectivity index (χ0v) is 28.3. The highest BCUT2D eigenvalue weighted by atomic mass is 16.3. The zero-order valence-electron chi connectivity index (χ0n) is 28.3. The molecular weight excluding hydrogens is 635 g/mol. The summed E-state index contributed by atoms with van der Waals surface area (Å²) in [7, 11) is 0. The van der Waals surface area contributed by atoms with Crippen molar-refractivity contribution in [1.29, 1.82) is 0 Å². The largest absolute Gasteiger partial charge is 0.456 e. The van der Waals surface area contributed by atoms with Crippen molar-refractivity contribution in [1.82, 2.24) is 9.88 Å². The van der Waals surface area contributed by atoms with Crippen molar-refractivity contribution in [2.24, 2.45) is 4.99 Å². The first-order valence-corrected chi connectivity index (χ1v) is 18.0. The number of nitrogens with zero attached hydrogens (tertiary/aromatic N) is 2. The van der Waals surface area contributed by atoms with E-state index in [0.717, 1.165) is 45.3 Å². The van der Waals surface area contributed by atoms with Gasteiger partial charge in [-0.1, -0.05) is 121 Å². The molecule has 246 valence electrons. The zero-order chi connectivity index (χ0) is 34.2. The minimum atomic E-state index is -0.190. The molecule has 0 bridgehead atoms. The van der Waals surface area contributed by atoms with Crippen molar-refractivity contribution in [2.45, 2.75) is 18.6 Å². The molecule has 0 fully saturated rings. The van der Waals surface area contributed by atoms with E-state index in [0.29, 0.717) is 0 Å². The molecule has 4 heteroatoms. The molecule has 0 saturated carbocycles. The highest BCUT2D eigenvalue weighted by Gasteiger charge is 2.27. The maximum absolute atomic E-state index is 6.58. The Morgan fingerprint density at radius 2 is 1.15 bits per heavy atom. The average Bonchev–Trinajstić information content (AvgIpc) is 3.75. The van der Waals surface area contributed by atoms with Crippen molar-refractivity contribution >= 4 is 71.0 Å². The first kappa shape index (κ1) is 29.3. The molecule has 2 aromatic heterocycles. The van der Waals surface area contributed by atoms with Crippen molar-refractivity contribution in [3.05, 3.63) is 187 Å². The highest BCUT2D eigenvalue weighted by molar-refractivity contribution is 6.11. The van der Waals surface area contributed by atoms with Crippen LogP contribution in [0.4, 0.5) is 0 Å². The Morgan fingerprint density at radius 1 is 0.500 bits per heavy atom. The molecule has 52 heavy (non-hydrogen) atoms. The quantitative estimate of drug-likeness (QED) is 0.203. The number of hydrogen-bond donors (Lipinski definition) is 1. The molecule has 4 nitrogen and oxygen atoms in total. The van der Waals surface area contributed by atoms with Gasteiger partial charge in [0.05, 0.1) is 11.0 Å². The topological polar surface area (TPSA) is 42.5 Å². The van der Waals surface area contributed by atoms with E-state index >= 15 is 0 Å². The SMILES string of the molecule is c1ccc2cc(C3=NC(c4ccc5ccccc5c4)N[C@H](c4ccc5c(c4)oc4ccc(-n6c7ccccc7c7ccccc76)cc45)C3)ccc2c1. The minimum Gasteiger partial charge on any atom is -0.456 e. The molecule has 0 saturated heterocycles. The van der Waals surface area contributed by atoms with E-state index in [9.17, 15) is 0 Å². The van der Waals surface area contributed by atoms with Gasteiger partial charge in [-0.2, -0.15) is 0 Å². The maximum atomic E-state index is 6.58. The summed E-state index contributed by atoms with van der Waals surface area (Å²) in [4.78, 5) is 5.37. The number of furan rings is 1. The molecule has 0 aliphatic carbocycles. The number of hydrogen-bond acceptors (Lipinski definition) is 3. The second-order valence-corrected chi connectivity index (χ2v) is 14.0. The van der Waals surface area contributed by atoms with Crippen LogP contribution < -0.4 is 5.32 Å². The fourth-order valence-electron chi connectivity index (χ4n) is 8.35. The molecule has 1 aliphatic heterocycles. The van der Waals surface area contributed by atoms with Gasteiger partial charge in [-0.15, -0.1) is 0 Å². The van der Waals surface area contributed by atoms with E-state index in [1.165, 1.54) is 54.5 Å². The Labute approximate surface area is 300 Å². The number of benzene rings is 8. The van der Waals surface area contributed by atoms with E-state index in [1.54, 1.807) is 0 Å². The van der Waals surface area contributed by atoms with Gasteiger partial charge in [-0.3, -0.25) is 10.3 Å². The van der Waals surface area contributed by atoms with E-state index in [1.807, 2.05) is 0 Å². The monoisotopic (exact) mass is 667 g/mol. The summed E-state index contributed by atoms with van der Waals surface area (Å²) in [5, 5.41) is 13.6. The van der Waals surface area contributed by atoms with Gasteiger partial charge >= 0.3 is 0 Å². The van der Waals surface area contributed by atoms with E-state index in [-0.39, 0.29) is 12.2 Å². The van der Waals surface area contributed by atoms with Gasteiger partial charge in [0.25, 0.3) is 0 Å². The lowest BCUT2D eigenvalue weighted by molar-refractivity contribution is 0.442. The molecule has 1 aliphatic rings. The summed E-state index contributed by atoms with van der Waals surface area (Å²) in [6.45, 7) is 0. The lowest BCUT2D eigenvalue weighted by Crippen LogP contribution is -2.33. The Hall–Kier alpha value is -6.49.